The molecule has 0 fully saturated rings. The third kappa shape index (κ3) is 7.28. The number of nitrogen functional groups attached to an aromatic ring is 2. The fourth-order valence-corrected chi connectivity index (χ4v) is 3.69. The lowest BCUT2D eigenvalue weighted by Crippen LogP contribution is -2.00. The van der Waals surface area contributed by atoms with Gasteiger partial charge in [0.05, 0.1) is 0 Å². The van der Waals surface area contributed by atoms with Gasteiger partial charge in [-0.1, -0.05) is 76.6 Å². The molecule has 0 atom stereocenters. The highest BCUT2D eigenvalue weighted by molar-refractivity contribution is 5.51. The molecule has 0 heterocycles. The number of benzene rings is 2. The maximum absolute atomic E-state index is 6.20. The van der Waals surface area contributed by atoms with E-state index in [0.717, 1.165) is 30.6 Å². The van der Waals surface area contributed by atoms with Crippen LogP contribution in [0.1, 0.15) is 87.5 Å². The molecule has 0 amide bonds. The molecule has 0 aliphatic carbocycles. The van der Waals surface area contributed by atoms with E-state index in [4.69, 9.17) is 11.5 Å². The van der Waals surface area contributed by atoms with Crippen molar-refractivity contribution in [1.82, 2.24) is 0 Å². The van der Waals surface area contributed by atoms with Gasteiger partial charge in [-0.2, -0.15) is 0 Å². The molecule has 0 bridgehead atoms. The van der Waals surface area contributed by atoms with Crippen LogP contribution in [0.15, 0.2) is 36.4 Å². The van der Waals surface area contributed by atoms with Gasteiger partial charge in [0, 0.05) is 11.4 Å². The molecule has 4 N–H and O–H groups in total. The first-order valence-corrected chi connectivity index (χ1v) is 10.9. The molecule has 0 aliphatic rings. The Morgan fingerprint density at radius 2 is 1.04 bits per heavy atom. The quantitative estimate of drug-likeness (QED) is 0.325. The van der Waals surface area contributed by atoms with Gasteiger partial charge in [-0.05, 0) is 66.5 Å². The Kier molecular flexibility index (Phi) is 9.24. The summed E-state index contributed by atoms with van der Waals surface area (Å²) in [6.07, 6.45) is 13.3. The Bertz CT molecular complexity index is 631. The molecule has 0 spiro atoms. The first kappa shape index (κ1) is 21.3. The predicted octanol–water partition coefficient (Wildman–Crippen LogP) is 6.69. The van der Waals surface area contributed by atoms with Gasteiger partial charge in [-0.3, -0.25) is 0 Å². The van der Waals surface area contributed by atoms with Gasteiger partial charge in [0.2, 0.25) is 0 Å². The van der Waals surface area contributed by atoms with Crippen LogP contribution in [0.2, 0.25) is 0 Å². The lowest BCUT2D eigenvalue weighted by Gasteiger charge is -2.11. The number of aryl methyl sites for hydroxylation is 2. The van der Waals surface area contributed by atoms with E-state index in [1.807, 2.05) is 0 Å². The Labute approximate surface area is 166 Å². The minimum absolute atomic E-state index is 0.934. The third-order valence-electron chi connectivity index (χ3n) is 5.42. The summed E-state index contributed by atoms with van der Waals surface area (Å²) < 4.78 is 0. The van der Waals surface area contributed by atoms with Gasteiger partial charge in [-0.25, -0.2) is 0 Å². The number of hydrogen-bond acceptors (Lipinski definition) is 2. The molecule has 2 aromatic carbocycles. The minimum Gasteiger partial charge on any atom is -0.399 e. The lowest BCUT2D eigenvalue weighted by molar-refractivity contribution is 0.667. The molecule has 2 heteroatoms. The van der Waals surface area contributed by atoms with Crippen molar-refractivity contribution in [3.05, 3.63) is 58.7 Å². The molecule has 2 rings (SSSR count). The normalized spacial score (nSPS) is 11.0. The second-order valence-corrected chi connectivity index (χ2v) is 7.86. The number of anilines is 2. The van der Waals surface area contributed by atoms with Crippen LogP contribution in [0.25, 0.3) is 0 Å². The van der Waals surface area contributed by atoms with Crippen molar-refractivity contribution >= 4 is 11.4 Å². The molecule has 0 aliphatic heterocycles. The monoisotopic (exact) mass is 366 g/mol. The molecular weight excluding hydrogens is 328 g/mol. The van der Waals surface area contributed by atoms with Gasteiger partial charge >= 0.3 is 0 Å². The van der Waals surface area contributed by atoms with Crippen molar-refractivity contribution in [3.63, 3.8) is 0 Å². The van der Waals surface area contributed by atoms with Crippen molar-refractivity contribution in [2.75, 3.05) is 11.5 Å². The summed E-state index contributed by atoms with van der Waals surface area (Å²) in [5.41, 5.74) is 19.6. The van der Waals surface area contributed by atoms with Crippen molar-refractivity contribution in [3.8, 4) is 0 Å². The SMILES string of the molecule is CCCCCCc1cc(Cc2ccc(N)c(CCCCCC)c2)ccc1N. The van der Waals surface area contributed by atoms with E-state index >= 15 is 0 Å². The van der Waals surface area contributed by atoms with E-state index in [1.54, 1.807) is 0 Å². The fourth-order valence-electron chi connectivity index (χ4n) is 3.69. The highest BCUT2D eigenvalue weighted by Gasteiger charge is 2.06. The van der Waals surface area contributed by atoms with Crippen LogP contribution in [-0.2, 0) is 19.3 Å². The zero-order valence-corrected chi connectivity index (χ0v) is 17.4. The Balaban J connectivity index is 2.01. The maximum Gasteiger partial charge on any atom is 0.0346 e. The fraction of sp³-hybridized carbons (Fsp3) is 0.520. The summed E-state index contributed by atoms with van der Waals surface area (Å²) >= 11 is 0. The van der Waals surface area contributed by atoms with Gasteiger partial charge in [0.15, 0.2) is 0 Å². The van der Waals surface area contributed by atoms with Crippen LogP contribution in [0.5, 0.6) is 0 Å². The van der Waals surface area contributed by atoms with Gasteiger partial charge in [0.25, 0.3) is 0 Å². The van der Waals surface area contributed by atoms with Gasteiger partial charge in [-0.15, -0.1) is 0 Å². The predicted molar refractivity (Wildman–Crippen MR) is 120 cm³/mol. The molecular formula is C25H38N2. The standard InChI is InChI=1S/C25H38N2/c1-3-5-7-9-11-22-18-20(13-15-24(22)26)17-21-14-16-25(27)23(19-21)12-10-8-6-4-2/h13-16,18-19H,3-12,17,26-27H2,1-2H3. The topological polar surface area (TPSA) is 52.0 Å². The van der Waals surface area contributed by atoms with Crippen LogP contribution in [0, 0.1) is 0 Å². The summed E-state index contributed by atoms with van der Waals surface area (Å²) in [6.45, 7) is 4.50. The van der Waals surface area contributed by atoms with Crippen LogP contribution >= 0.6 is 0 Å². The molecule has 27 heavy (non-hydrogen) atoms. The van der Waals surface area contributed by atoms with Crippen molar-refractivity contribution < 1.29 is 0 Å². The summed E-state index contributed by atoms with van der Waals surface area (Å²) in [6, 6.07) is 13.1. The second-order valence-electron chi connectivity index (χ2n) is 7.86. The van der Waals surface area contributed by atoms with Crippen LogP contribution in [-0.4, -0.2) is 0 Å². The van der Waals surface area contributed by atoms with Crippen LogP contribution in [0.4, 0.5) is 11.4 Å². The summed E-state index contributed by atoms with van der Waals surface area (Å²) in [5, 5.41) is 0. The molecule has 2 aromatic rings. The Morgan fingerprint density at radius 1 is 0.593 bits per heavy atom. The highest BCUT2D eigenvalue weighted by Crippen LogP contribution is 2.22. The summed E-state index contributed by atoms with van der Waals surface area (Å²) in [4.78, 5) is 0. The number of nitrogens with two attached hydrogens (primary N) is 2. The number of hydrogen-bond donors (Lipinski definition) is 2. The Hall–Kier alpha value is -1.96. The molecule has 2 nitrogen and oxygen atoms in total. The maximum atomic E-state index is 6.20. The van der Waals surface area contributed by atoms with E-state index in [2.05, 4.69) is 50.2 Å². The third-order valence-corrected chi connectivity index (χ3v) is 5.42. The second kappa shape index (κ2) is 11.7. The smallest absolute Gasteiger partial charge is 0.0346 e. The molecule has 148 valence electrons. The number of rotatable bonds is 12. The van der Waals surface area contributed by atoms with E-state index in [0.29, 0.717) is 0 Å². The molecule has 0 unspecified atom stereocenters. The first-order valence-electron chi connectivity index (χ1n) is 10.9. The van der Waals surface area contributed by atoms with Crippen LogP contribution in [0.3, 0.4) is 0 Å². The highest BCUT2D eigenvalue weighted by atomic mass is 14.6. The van der Waals surface area contributed by atoms with E-state index in [-0.39, 0.29) is 0 Å². The molecule has 0 radical (unpaired) electrons. The first-order chi connectivity index (χ1) is 13.1. The zero-order valence-electron chi connectivity index (χ0n) is 17.4. The van der Waals surface area contributed by atoms with Crippen LogP contribution < -0.4 is 11.5 Å². The van der Waals surface area contributed by atoms with Crippen molar-refractivity contribution in [2.45, 2.75) is 84.5 Å². The summed E-state index contributed by atoms with van der Waals surface area (Å²) in [7, 11) is 0. The molecule has 0 aromatic heterocycles. The lowest BCUT2D eigenvalue weighted by atomic mass is 9.96. The van der Waals surface area contributed by atoms with Gasteiger partial charge < -0.3 is 11.5 Å². The summed E-state index contributed by atoms with van der Waals surface area (Å²) in [5.74, 6) is 0. The number of unbranched alkanes of at least 4 members (excludes halogenated alkanes) is 6. The minimum atomic E-state index is 0.934. The molecule has 0 saturated heterocycles. The van der Waals surface area contributed by atoms with E-state index in [9.17, 15) is 0 Å². The van der Waals surface area contributed by atoms with Crippen molar-refractivity contribution in [2.24, 2.45) is 0 Å². The average molecular weight is 367 g/mol. The van der Waals surface area contributed by atoms with Crippen molar-refractivity contribution in [1.29, 1.82) is 0 Å². The average Bonchev–Trinajstić information content (AvgIpc) is 2.67. The zero-order chi connectivity index (χ0) is 19.5. The Morgan fingerprint density at radius 3 is 1.44 bits per heavy atom. The van der Waals surface area contributed by atoms with Gasteiger partial charge in [0.1, 0.15) is 0 Å². The van der Waals surface area contributed by atoms with E-state index in [1.165, 1.54) is 73.6 Å². The molecule has 0 saturated carbocycles. The largest absolute Gasteiger partial charge is 0.399 e. The van der Waals surface area contributed by atoms with E-state index < -0.39 is 0 Å².